The van der Waals surface area contributed by atoms with Crippen LogP contribution >= 0.6 is 0 Å². The van der Waals surface area contributed by atoms with Gasteiger partial charge in [-0.25, -0.2) is 0 Å². The molecule has 1 fully saturated rings. The lowest BCUT2D eigenvalue weighted by Crippen LogP contribution is -2.46. The molecule has 2 aliphatic rings. The fraction of sp³-hybridized carbons (Fsp3) is 0.652. The summed E-state index contributed by atoms with van der Waals surface area (Å²) >= 11 is 0. The average molecular weight is 371 g/mol. The Balaban J connectivity index is 1.84. The van der Waals surface area contributed by atoms with E-state index in [0.717, 1.165) is 31.4 Å². The highest BCUT2D eigenvalue weighted by atomic mass is 16.2. The van der Waals surface area contributed by atoms with Crippen molar-refractivity contribution in [1.82, 2.24) is 9.80 Å². The highest BCUT2D eigenvalue weighted by Gasteiger charge is 2.35. The Morgan fingerprint density at radius 3 is 2.52 bits per heavy atom. The maximum atomic E-state index is 13.4. The van der Waals surface area contributed by atoms with Gasteiger partial charge in [-0.15, -0.1) is 0 Å². The van der Waals surface area contributed by atoms with E-state index in [1.807, 2.05) is 17.0 Å². The Bertz CT molecular complexity index is 685. The molecular weight excluding hydrogens is 336 g/mol. The van der Waals surface area contributed by atoms with E-state index in [4.69, 9.17) is 0 Å². The lowest BCUT2D eigenvalue weighted by molar-refractivity contribution is -0.138. The quantitative estimate of drug-likeness (QED) is 0.800. The van der Waals surface area contributed by atoms with E-state index in [0.29, 0.717) is 30.8 Å². The zero-order valence-corrected chi connectivity index (χ0v) is 17.3. The largest absolute Gasteiger partial charge is 0.339 e. The first-order valence-corrected chi connectivity index (χ1v) is 10.5. The summed E-state index contributed by atoms with van der Waals surface area (Å²) in [6.45, 7) is 9.90. The van der Waals surface area contributed by atoms with Gasteiger partial charge in [-0.3, -0.25) is 9.59 Å². The summed E-state index contributed by atoms with van der Waals surface area (Å²) in [5.74, 6) is 1.40. The first-order chi connectivity index (χ1) is 12.9. The van der Waals surface area contributed by atoms with Crippen molar-refractivity contribution in [3.8, 4) is 0 Å². The highest BCUT2D eigenvalue weighted by Crippen LogP contribution is 2.34. The van der Waals surface area contributed by atoms with Crippen LogP contribution in [0.1, 0.15) is 70.5 Å². The van der Waals surface area contributed by atoms with Crippen molar-refractivity contribution in [2.24, 2.45) is 11.8 Å². The molecule has 27 heavy (non-hydrogen) atoms. The van der Waals surface area contributed by atoms with Crippen LogP contribution in [0.25, 0.3) is 0 Å². The van der Waals surface area contributed by atoms with Crippen LogP contribution in [0.15, 0.2) is 24.3 Å². The van der Waals surface area contributed by atoms with Gasteiger partial charge in [0.1, 0.15) is 0 Å². The second kappa shape index (κ2) is 8.45. The number of carbonyl (C=O) groups excluding carboxylic acids is 2. The predicted molar refractivity (Wildman–Crippen MR) is 108 cm³/mol. The van der Waals surface area contributed by atoms with E-state index in [1.54, 1.807) is 6.92 Å². The van der Waals surface area contributed by atoms with Gasteiger partial charge in [0.05, 0.1) is 12.5 Å². The number of fused-ring (bicyclic) bond motifs is 1. The summed E-state index contributed by atoms with van der Waals surface area (Å²) in [4.78, 5) is 29.7. The van der Waals surface area contributed by atoms with Crippen molar-refractivity contribution >= 4 is 11.8 Å². The van der Waals surface area contributed by atoms with Crippen molar-refractivity contribution in [2.45, 2.75) is 71.9 Å². The van der Waals surface area contributed by atoms with Crippen LogP contribution in [0.2, 0.25) is 0 Å². The Morgan fingerprint density at radius 2 is 1.81 bits per heavy atom. The van der Waals surface area contributed by atoms with Gasteiger partial charge < -0.3 is 9.80 Å². The molecule has 148 valence electrons. The molecule has 1 aromatic rings. The van der Waals surface area contributed by atoms with Gasteiger partial charge in [-0.05, 0) is 48.6 Å². The molecule has 1 saturated heterocycles. The van der Waals surface area contributed by atoms with Crippen LogP contribution in [-0.2, 0) is 16.0 Å². The monoisotopic (exact) mass is 370 g/mol. The molecule has 0 spiro atoms. The maximum Gasteiger partial charge on any atom is 0.225 e. The molecule has 1 aromatic carbocycles. The number of carbonyl (C=O) groups is 2. The van der Waals surface area contributed by atoms with E-state index in [9.17, 15) is 9.59 Å². The minimum absolute atomic E-state index is 0.0622. The first kappa shape index (κ1) is 19.9. The second-order valence-electron chi connectivity index (χ2n) is 8.75. The summed E-state index contributed by atoms with van der Waals surface area (Å²) in [5, 5.41) is 0. The van der Waals surface area contributed by atoms with Gasteiger partial charge in [-0.2, -0.15) is 0 Å². The van der Waals surface area contributed by atoms with E-state index >= 15 is 0 Å². The smallest absolute Gasteiger partial charge is 0.225 e. The molecule has 4 nitrogen and oxygen atoms in total. The Morgan fingerprint density at radius 1 is 1.07 bits per heavy atom. The Hall–Kier alpha value is -1.84. The first-order valence-electron chi connectivity index (χ1n) is 10.5. The van der Waals surface area contributed by atoms with E-state index in [2.05, 4.69) is 37.8 Å². The number of hydrogen-bond donors (Lipinski definition) is 0. The van der Waals surface area contributed by atoms with Crippen molar-refractivity contribution in [2.75, 3.05) is 13.1 Å². The van der Waals surface area contributed by atoms with Gasteiger partial charge in [0.15, 0.2) is 0 Å². The van der Waals surface area contributed by atoms with Crippen molar-refractivity contribution < 1.29 is 9.59 Å². The topological polar surface area (TPSA) is 40.6 Å². The third-order valence-corrected chi connectivity index (χ3v) is 6.49. The standard InChI is InChI=1S/C23H34N2O2/c1-16(2)21-10-9-17(3)11-13-25(21)23(27)15-22-20-8-6-5-7-19(20)12-14-24(22)18(4)26/h5-8,16-17,21-22H,9-15H2,1-4H3. The van der Waals surface area contributed by atoms with E-state index in [1.165, 1.54) is 12.0 Å². The number of nitrogens with zero attached hydrogens (tertiary/aromatic N) is 2. The number of amides is 2. The summed E-state index contributed by atoms with van der Waals surface area (Å²) in [6.07, 6.45) is 4.62. The number of benzene rings is 1. The van der Waals surface area contributed by atoms with E-state index < -0.39 is 0 Å². The molecular formula is C23H34N2O2. The second-order valence-corrected chi connectivity index (χ2v) is 8.75. The van der Waals surface area contributed by atoms with Gasteiger partial charge in [0, 0.05) is 26.1 Å². The van der Waals surface area contributed by atoms with Crippen LogP contribution < -0.4 is 0 Å². The van der Waals surface area contributed by atoms with Gasteiger partial charge >= 0.3 is 0 Å². The SMILES string of the molecule is CC(=O)N1CCc2ccccc2C1CC(=O)N1CCC(C)CCC1C(C)C. The molecule has 0 radical (unpaired) electrons. The summed E-state index contributed by atoms with van der Waals surface area (Å²) in [5.41, 5.74) is 2.43. The van der Waals surface area contributed by atoms with Crippen LogP contribution in [0.5, 0.6) is 0 Å². The van der Waals surface area contributed by atoms with Gasteiger partial charge in [-0.1, -0.05) is 45.0 Å². The molecule has 0 N–H and O–H groups in total. The summed E-state index contributed by atoms with van der Waals surface area (Å²) < 4.78 is 0. The molecule has 3 atom stereocenters. The van der Waals surface area contributed by atoms with Crippen LogP contribution in [0.4, 0.5) is 0 Å². The molecule has 3 unspecified atom stereocenters. The normalized spacial score (nSPS) is 25.9. The van der Waals surface area contributed by atoms with Crippen molar-refractivity contribution in [3.05, 3.63) is 35.4 Å². The zero-order chi connectivity index (χ0) is 19.6. The minimum atomic E-state index is -0.131. The molecule has 0 saturated carbocycles. The molecule has 0 aromatic heterocycles. The fourth-order valence-electron chi connectivity index (χ4n) is 4.81. The van der Waals surface area contributed by atoms with Gasteiger partial charge in [0.25, 0.3) is 0 Å². The molecule has 2 aliphatic heterocycles. The number of rotatable bonds is 3. The Labute approximate surface area is 163 Å². The Kier molecular flexibility index (Phi) is 6.23. The molecule has 2 heterocycles. The highest BCUT2D eigenvalue weighted by molar-refractivity contribution is 5.80. The van der Waals surface area contributed by atoms with Crippen molar-refractivity contribution in [3.63, 3.8) is 0 Å². The molecule has 0 aliphatic carbocycles. The molecule has 2 amide bonds. The third kappa shape index (κ3) is 4.36. The zero-order valence-electron chi connectivity index (χ0n) is 17.3. The third-order valence-electron chi connectivity index (χ3n) is 6.49. The van der Waals surface area contributed by atoms with E-state index in [-0.39, 0.29) is 17.9 Å². The average Bonchev–Trinajstić information content (AvgIpc) is 2.83. The summed E-state index contributed by atoms with van der Waals surface area (Å²) in [6, 6.07) is 8.47. The minimum Gasteiger partial charge on any atom is -0.339 e. The fourth-order valence-corrected chi connectivity index (χ4v) is 4.81. The molecule has 3 rings (SSSR count). The molecule has 4 heteroatoms. The summed E-state index contributed by atoms with van der Waals surface area (Å²) in [7, 11) is 0. The lowest BCUT2D eigenvalue weighted by Gasteiger charge is -2.39. The van der Waals surface area contributed by atoms with Crippen molar-refractivity contribution in [1.29, 1.82) is 0 Å². The molecule has 0 bridgehead atoms. The van der Waals surface area contributed by atoms with Crippen LogP contribution in [0, 0.1) is 11.8 Å². The maximum absolute atomic E-state index is 13.4. The van der Waals surface area contributed by atoms with Crippen LogP contribution in [0.3, 0.4) is 0 Å². The van der Waals surface area contributed by atoms with Gasteiger partial charge in [0.2, 0.25) is 11.8 Å². The van der Waals surface area contributed by atoms with Crippen LogP contribution in [-0.4, -0.2) is 40.7 Å². The lowest BCUT2D eigenvalue weighted by atomic mass is 9.89. The number of hydrogen-bond acceptors (Lipinski definition) is 2. The number of likely N-dealkylation sites (tertiary alicyclic amines) is 1. The predicted octanol–water partition coefficient (Wildman–Crippen LogP) is 4.20.